The van der Waals surface area contributed by atoms with Gasteiger partial charge in [-0.25, -0.2) is 0 Å². The number of fused-ring (bicyclic) bond motifs is 20. The monoisotopic (exact) mass is 602 g/mol. The van der Waals surface area contributed by atoms with Crippen molar-refractivity contribution < 1.29 is 19.5 Å². The maximum Gasteiger partial charge on any atom is 2.00 e. The molecule has 6 N–H and O–H groups in total. The molecule has 12 atom stereocenters. The third-order valence-corrected chi connectivity index (χ3v) is 11.3. The van der Waals surface area contributed by atoms with E-state index in [4.69, 9.17) is 10.6 Å². The van der Waals surface area contributed by atoms with Crippen molar-refractivity contribution in [3.8, 4) is 0 Å². The van der Waals surface area contributed by atoms with Crippen LogP contribution in [0.3, 0.4) is 0 Å². The van der Waals surface area contributed by atoms with Crippen molar-refractivity contribution in [3.05, 3.63) is 81.4 Å². The summed E-state index contributed by atoms with van der Waals surface area (Å²) >= 11 is 0. The smallest absolute Gasteiger partial charge is 0.632 e. The second-order valence-electron chi connectivity index (χ2n) is 13.3. The van der Waals surface area contributed by atoms with Gasteiger partial charge in [-0.05, 0) is 45.9 Å². The van der Waals surface area contributed by atoms with Gasteiger partial charge in [0.1, 0.15) is 0 Å². The van der Waals surface area contributed by atoms with Crippen molar-refractivity contribution in [1.82, 2.24) is 31.9 Å². The van der Waals surface area contributed by atoms with Crippen molar-refractivity contribution in [3.63, 3.8) is 0 Å². The van der Waals surface area contributed by atoms with Crippen LogP contribution >= 0.6 is 0 Å². The maximum absolute atomic E-state index is 5.48. The maximum atomic E-state index is 5.48. The predicted octanol–water partition coefficient (Wildman–Crippen LogP) is 4.65. The Balaban J connectivity index is 0.00000256. The summed E-state index contributed by atoms with van der Waals surface area (Å²) in [5, 5.41) is 34.9. The summed E-state index contributed by atoms with van der Waals surface area (Å²) in [6.45, 7) is 0. The first-order chi connectivity index (χ1) is 19.8. The van der Waals surface area contributed by atoms with Crippen molar-refractivity contribution in [2.45, 2.75) is 101 Å². The van der Waals surface area contributed by atoms with Crippen molar-refractivity contribution in [1.29, 1.82) is 0 Å². The topological polar surface area (TPSA) is 100 Å². The van der Waals surface area contributed by atoms with Crippen LogP contribution in [0.15, 0.2) is 48.5 Å². The van der Waals surface area contributed by atoms with Crippen LogP contribution in [0.1, 0.15) is 98.3 Å². The Morgan fingerprint density at radius 3 is 0.951 bits per heavy atom. The second-order valence-corrected chi connectivity index (χ2v) is 13.3. The third-order valence-electron chi connectivity index (χ3n) is 11.3. The molecule has 0 spiro atoms. The van der Waals surface area contributed by atoms with E-state index in [2.05, 4.69) is 80.4 Å². The second kappa shape index (κ2) is 11.0. The van der Waals surface area contributed by atoms with Crippen molar-refractivity contribution in [2.75, 3.05) is 0 Å². The van der Waals surface area contributed by atoms with E-state index in [1.807, 2.05) is 0 Å². The minimum atomic E-state index is 0. The first-order valence-corrected chi connectivity index (χ1v) is 15.9. The van der Waals surface area contributed by atoms with Gasteiger partial charge in [-0.2, -0.15) is 0 Å². The standard InChI is InChI=1S/C32H42N8.Zn/c1-2-10-18-17(9-1)25-33-26(18)38-28-21-13-5-6-14-22(21)30(35-28)40-32-24-16-8-7-15-23(24)31(36-32)39-29-20-12-4-3-11-19(20)27(34-29)37-25;/h1-2,7-10,15-16,19-22,25-33,36-40H,3-6,11-14H2;/q-2;+2. The molecule has 0 aromatic heterocycles. The van der Waals surface area contributed by atoms with Crippen LogP contribution in [-0.2, 0) is 19.5 Å². The van der Waals surface area contributed by atoms with E-state index in [1.54, 1.807) is 0 Å². The number of benzene rings is 2. The molecule has 2 aliphatic carbocycles. The molecule has 3 saturated heterocycles. The molecule has 12 unspecified atom stereocenters. The Bertz CT molecular complexity index is 1070. The van der Waals surface area contributed by atoms with Crippen LogP contribution < -0.4 is 31.9 Å². The van der Waals surface area contributed by atoms with Crippen LogP contribution in [0.2, 0.25) is 0 Å². The van der Waals surface area contributed by atoms with Gasteiger partial charge < -0.3 is 31.9 Å². The summed E-state index contributed by atoms with van der Waals surface area (Å²) in [6.07, 6.45) is 11.2. The van der Waals surface area contributed by atoms with Gasteiger partial charge in [0, 0.05) is 0 Å². The summed E-state index contributed by atoms with van der Waals surface area (Å²) < 4.78 is 0. The van der Waals surface area contributed by atoms with Gasteiger partial charge in [0.25, 0.3) is 0 Å². The Morgan fingerprint density at radius 2 is 0.683 bits per heavy atom. The molecule has 9 heteroatoms. The van der Waals surface area contributed by atoms with Crippen LogP contribution in [0.25, 0.3) is 10.6 Å². The molecule has 8 bridgehead atoms. The fraction of sp³-hybridized carbons (Fsp3) is 0.625. The van der Waals surface area contributed by atoms with E-state index in [-0.39, 0.29) is 68.8 Å². The van der Waals surface area contributed by atoms with Gasteiger partial charge in [0.2, 0.25) is 0 Å². The first kappa shape index (κ1) is 27.3. The molecule has 5 fully saturated rings. The molecule has 7 aliphatic rings. The minimum absolute atomic E-state index is 0. The normalized spacial score (nSPS) is 44.3. The Hall–Kier alpha value is -1.26. The SMILES string of the molecule is [Zn+2].c1ccc2c(c1)C1NC2NC2[N-]C(NC3NC(NC4[N-]C(N1)C1CCCCC41)c1ccccc13)C1CCCCC21. The Kier molecular flexibility index (Phi) is 7.34. The molecule has 2 aromatic rings. The fourth-order valence-corrected chi connectivity index (χ4v) is 9.40. The van der Waals surface area contributed by atoms with Gasteiger partial charge >= 0.3 is 19.5 Å². The van der Waals surface area contributed by atoms with Crippen LogP contribution in [0.4, 0.5) is 0 Å². The van der Waals surface area contributed by atoms with Gasteiger partial charge in [-0.1, -0.05) is 125 Å². The summed E-state index contributed by atoms with van der Waals surface area (Å²) in [7, 11) is 0. The van der Waals surface area contributed by atoms with Crippen LogP contribution in [0.5, 0.6) is 0 Å². The molecule has 8 nitrogen and oxygen atoms in total. The van der Waals surface area contributed by atoms with Gasteiger partial charge in [-0.3, -0.25) is 10.6 Å². The van der Waals surface area contributed by atoms with E-state index in [9.17, 15) is 0 Å². The van der Waals surface area contributed by atoms with Crippen molar-refractivity contribution >= 4 is 0 Å². The molecule has 5 heterocycles. The average molecular weight is 604 g/mol. The van der Waals surface area contributed by atoms with E-state index in [0.717, 1.165) is 0 Å². The largest absolute Gasteiger partial charge is 2.00 e. The zero-order valence-corrected chi connectivity index (χ0v) is 26.8. The molecule has 2 saturated carbocycles. The molecule has 212 valence electrons. The number of hydrogen-bond donors (Lipinski definition) is 6. The molecular weight excluding hydrogens is 562 g/mol. The van der Waals surface area contributed by atoms with Gasteiger partial charge in [-0.15, -0.1) is 0 Å². The van der Waals surface area contributed by atoms with Crippen LogP contribution in [-0.4, -0.2) is 24.7 Å². The quantitative estimate of drug-likeness (QED) is 0.245. The Labute approximate surface area is 256 Å². The number of hydrogen-bond acceptors (Lipinski definition) is 6. The molecule has 0 amide bonds. The van der Waals surface area contributed by atoms with E-state index >= 15 is 0 Å². The zero-order chi connectivity index (χ0) is 26.2. The molecule has 0 radical (unpaired) electrons. The first-order valence-electron chi connectivity index (χ1n) is 15.9. The molecule has 5 aliphatic heterocycles. The molecule has 2 aromatic carbocycles. The molecule has 9 rings (SSSR count). The molecule has 41 heavy (non-hydrogen) atoms. The molecular formula is C32H42N8Zn. The Morgan fingerprint density at radius 1 is 0.415 bits per heavy atom. The summed E-state index contributed by atoms with van der Waals surface area (Å²) in [6, 6.07) is 17.9. The van der Waals surface area contributed by atoms with E-state index in [0.29, 0.717) is 23.7 Å². The number of nitrogens with one attached hydrogen (secondary N) is 6. The zero-order valence-electron chi connectivity index (χ0n) is 23.8. The number of rotatable bonds is 0. The van der Waals surface area contributed by atoms with E-state index in [1.165, 1.54) is 73.6 Å². The van der Waals surface area contributed by atoms with Crippen LogP contribution in [0, 0.1) is 23.7 Å². The minimum Gasteiger partial charge on any atom is -0.632 e. The number of nitrogens with zero attached hydrogens (tertiary/aromatic N) is 2. The van der Waals surface area contributed by atoms with Gasteiger partial charge in [0.05, 0.1) is 24.7 Å². The summed E-state index contributed by atoms with van der Waals surface area (Å²) in [5.74, 6) is 2.29. The van der Waals surface area contributed by atoms with Gasteiger partial charge in [0.15, 0.2) is 0 Å². The predicted molar refractivity (Wildman–Crippen MR) is 155 cm³/mol. The van der Waals surface area contributed by atoms with E-state index < -0.39 is 0 Å². The summed E-state index contributed by atoms with van der Waals surface area (Å²) in [5.41, 5.74) is 5.41. The third kappa shape index (κ3) is 4.59. The fourth-order valence-electron chi connectivity index (χ4n) is 9.40. The van der Waals surface area contributed by atoms with Crippen molar-refractivity contribution in [2.24, 2.45) is 23.7 Å². The summed E-state index contributed by atoms with van der Waals surface area (Å²) in [4.78, 5) is 0. The average Bonchev–Trinajstić information content (AvgIpc) is 3.73.